The third-order valence-corrected chi connectivity index (χ3v) is 3.31. The van der Waals surface area contributed by atoms with E-state index in [1.54, 1.807) is 13.2 Å². The molecule has 0 aliphatic rings. The smallest absolute Gasteiger partial charge is 0.158 e. The van der Waals surface area contributed by atoms with Gasteiger partial charge in [-0.3, -0.25) is 0 Å². The lowest BCUT2D eigenvalue weighted by molar-refractivity contribution is 0.178. The second-order valence-corrected chi connectivity index (χ2v) is 5.38. The Labute approximate surface area is 130 Å². The van der Waals surface area contributed by atoms with Gasteiger partial charge in [0, 0.05) is 19.2 Å². The first-order chi connectivity index (χ1) is 10.2. The Kier molecular flexibility index (Phi) is 5.96. The van der Waals surface area contributed by atoms with Gasteiger partial charge in [-0.15, -0.1) is 0 Å². The number of nitrogens with one attached hydrogen (secondary N) is 1. The van der Waals surface area contributed by atoms with Gasteiger partial charge in [0.25, 0.3) is 0 Å². The Hall–Kier alpha value is -1.65. The van der Waals surface area contributed by atoms with Crippen molar-refractivity contribution in [3.63, 3.8) is 0 Å². The van der Waals surface area contributed by atoms with Crippen LogP contribution < -0.4 is 5.32 Å². The molecule has 0 bridgehead atoms. The van der Waals surface area contributed by atoms with Gasteiger partial charge in [0.2, 0.25) is 0 Å². The van der Waals surface area contributed by atoms with Gasteiger partial charge >= 0.3 is 0 Å². The zero-order chi connectivity index (χ0) is 15.1. The zero-order valence-corrected chi connectivity index (χ0v) is 13.1. The van der Waals surface area contributed by atoms with E-state index in [9.17, 15) is 0 Å². The minimum Gasteiger partial charge on any atom is -0.377 e. The molecule has 0 aliphatic heterocycles. The maximum Gasteiger partial charge on any atom is 0.158 e. The number of rotatable bonds is 7. The van der Waals surface area contributed by atoms with E-state index in [1.165, 1.54) is 5.56 Å². The van der Waals surface area contributed by atoms with Gasteiger partial charge in [0.1, 0.15) is 17.6 Å². The van der Waals surface area contributed by atoms with Gasteiger partial charge in [-0.2, -0.15) is 0 Å². The van der Waals surface area contributed by atoms with Crippen LogP contribution in [0.25, 0.3) is 0 Å². The summed E-state index contributed by atoms with van der Waals surface area (Å²) in [5, 5.41) is 3.79. The highest BCUT2D eigenvalue weighted by molar-refractivity contribution is 6.29. The molecule has 2 aromatic rings. The van der Waals surface area contributed by atoms with Crippen molar-refractivity contribution in [3.05, 3.63) is 52.9 Å². The quantitative estimate of drug-likeness (QED) is 0.792. The summed E-state index contributed by atoms with van der Waals surface area (Å²) >= 11 is 6.00. The van der Waals surface area contributed by atoms with Crippen LogP contribution in [0.2, 0.25) is 5.15 Å². The van der Waals surface area contributed by atoms with Gasteiger partial charge in [-0.05, 0) is 25.3 Å². The van der Waals surface area contributed by atoms with Crippen molar-refractivity contribution >= 4 is 17.4 Å². The monoisotopic (exact) mass is 305 g/mol. The van der Waals surface area contributed by atoms with Crippen LogP contribution in [-0.4, -0.2) is 23.1 Å². The van der Waals surface area contributed by atoms with Crippen molar-refractivity contribution in [1.82, 2.24) is 9.97 Å². The predicted molar refractivity (Wildman–Crippen MR) is 85.6 cm³/mol. The fourth-order valence-electron chi connectivity index (χ4n) is 2.08. The first-order valence-electron chi connectivity index (χ1n) is 7.00. The minimum atomic E-state index is 0.298. The molecule has 1 aromatic heterocycles. The molecule has 1 N–H and O–H groups in total. The molecule has 0 spiro atoms. The van der Waals surface area contributed by atoms with E-state index in [2.05, 4.69) is 46.5 Å². The molecule has 1 heterocycles. The molecule has 112 valence electrons. The molecule has 21 heavy (non-hydrogen) atoms. The van der Waals surface area contributed by atoms with Gasteiger partial charge < -0.3 is 10.1 Å². The second-order valence-electron chi connectivity index (χ2n) is 4.99. The summed E-state index contributed by atoms with van der Waals surface area (Å²) in [6.45, 7) is 2.49. The number of methoxy groups -OCH3 is 1. The topological polar surface area (TPSA) is 47.0 Å². The highest BCUT2D eigenvalue weighted by Gasteiger charge is 2.07. The van der Waals surface area contributed by atoms with Crippen molar-refractivity contribution in [2.75, 3.05) is 12.4 Å². The van der Waals surface area contributed by atoms with Crippen LogP contribution in [0.5, 0.6) is 0 Å². The van der Waals surface area contributed by atoms with Gasteiger partial charge in [-0.25, -0.2) is 9.97 Å². The maximum atomic E-state index is 6.00. The summed E-state index contributed by atoms with van der Waals surface area (Å²) in [4.78, 5) is 8.50. The summed E-state index contributed by atoms with van der Waals surface area (Å²) in [6, 6.07) is 12.5. The molecule has 1 atom stereocenters. The van der Waals surface area contributed by atoms with Crippen LogP contribution in [0, 0.1) is 0 Å². The molecule has 4 nitrogen and oxygen atoms in total. The Balaban J connectivity index is 1.91. The van der Waals surface area contributed by atoms with Crippen LogP contribution in [0.15, 0.2) is 36.4 Å². The molecule has 1 aromatic carbocycles. The highest BCUT2D eigenvalue weighted by Crippen LogP contribution is 2.14. The van der Waals surface area contributed by atoms with E-state index in [0.29, 0.717) is 23.6 Å². The number of aryl methyl sites for hydroxylation is 1. The van der Waals surface area contributed by atoms with E-state index >= 15 is 0 Å². The van der Waals surface area contributed by atoms with Crippen molar-refractivity contribution in [1.29, 1.82) is 0 Å². The van der Waals surface area contributed by atoms with E-state index in [1.807, 2.05) is 6.07 Å². The average Bonchev–Trinajstić information content (AvgIpc) is 2.46. The SMILES string of the molecule is COCc1nc(Cl)cc(NC(C)CCc2ccccc2)n1. The molecule has 0 amide bonds. The number of nitrogens with zero attached hydrogens (tertiary/aromatic N) is 2. The van der Waals surface area contributed by atoms with Crippen LogP contribution in [0.1, 0.15) is 24.7 Å². The molecule has 0 fully saturated rings. The van der Waals surface area contributed by atoms with Gasteiger partial charge in [0.15, 0.2) is 5.82 Å². The fourth-order valence-corrected chi connectivity index (χ4v) is 2.29. The molecule has 0 aliphatic carbocycles. The lowest BCUT2D eigenvalue weighted by Crippen LogP contribution is -2.17. The summed E-state index contributed by atoms with van der Waals surface area (Å²) in [5.41, 5.74) is 1.34. The van der Waals surface area contributed by atoms with E-state index < -0.39 is 0 Å². The van der Waals surface area contributed by atoms with E-state index in [0.717, 1.165) is 18.7 Å². The van der Waals surface area contributed by atoms with Crippen LogP contribution >= 0.6 is 11.6 Å². The molecular formula is C16H20ClN3O. The summed E-state index contributed by atoms with van der Waals surface area (Å²) in [6.07, 6.45) is 2.05. The van der Waals surface area contributed by atoms with Gasteiger partial charge in [0.05, 0.1) is 0 Å². The number of benzene rings is 1. The Bertz CT molecular complexity index is 563. The first kappa shape index (κ1) is 15.7. The number of anilines is 1. The highest BCUT2D eigenvalue weighted by atomic mass is 35.5. The summed E-state index contributed by atoms with van der Waals surface area (Å²) in [7, 11) is 1.61. The number of ether oxygens (including phenoxy) is 1. The van der Waals surface area contributed by atoms with Crippen LogP contribution in [-0.2, 0) is 17.8 Å². The molecule has 0 saturated heterocycles. The number of aromatic nitrogens is 2. The molecule has 0 saturated carbocycles. The minimum absolute atomic E-state index is 0.298. The van der Waals surface area contributed by atoms with E-state index in [4.69, 9.17) is 16.3 Å². The first-order valence-corrected chi connectivity index (χ1v) is 7.38. The number of hydrogen-bond donors (Lipinski definition) is 1. The van der Waals surface area contributed by atoms with Crippen molar-refractivity contribution in [2.24, 2.45) is 0 Å². The number of hydrogen-bond acceptors (Lipinski definition) is 4. The summed E-state index contributed by atoms with van der Waals surface area (Å²) in [5.74, 6) is 1.32. The molecule has 5 heteroatoms. The molecule has 1 unspecified atom stereocenters. The predicted octanol–water partition coefficient (Wildman–Crippen LogP) is 3.71. The Morgan fingerprint density at radius 1 is 1.24 bits per heavy atom. The van der Waals surface area contributed by atoms with Crippen molar-refractivity contribution in [3.8, 4) is 0 Å². The molecule has 2 rings (SSSR count). The molecule has 0 radical (unpaired) electrons. The second kappa shape index (κ2) is 7.96. The average molecular weight is 306 g/mol. The number of halogens is 1. The van der Waals surface area contributed by atoms with E-state index in [-0.39, 0.29) is 0 Å². The van der Waals surface area contributed by atoms with Crippen LogP contribution in [0.4, 0.5) is 5.82 Å². The largest absolute Gasteiger partial charge is 0.377 e. The van der Waals surface area contributed by atoms with Crippen LogP contribution in [0.3, 0.4) is 0 Å². The fraction of sp³-hybridized carbons (Fsp3) is 0.375. The zero-order valence-electron chi connectivity index (χ0n) is 12.3. The molecular weight excluding hydrogens is 286 g/mol. The third kappa shape index (κ3) is 5.33. The lowest BCUT2D eigenvalue weighted by Gasteiger charge is -2.15. The maximum absolute atomic E-state index is 6.00. The Morgan fingerprint density at radius 2 is 2.00 bits per heavy atom. The lowest BCUT2D eigenvalue weighted by atomic mass is 10.1. The normalized spacial score (nSPS) is 12.1. The van der Waals surface area contributed by atoms with Crippen molar-refractivity contribution in [2.45, 2.75) is 32.4 Å². The summed E-state index contributed by atoms with van der Waals surface area (Å²) < 4.78 is 5.04. The van der Waals surface area contributed by atoms with Gasteiger partial charge in [-0.1, -0.05) is 41.9 Å². The Morgan fingerprint density at radius 3 is 2.71 bits per heavy atom. The van der Waals surface area contributed by atoms with Crippen molar-refractivity contribution < 1.29 is 4.74 Å². The third-order valence-electron chi connectivity index (χ3n) is 3.12. The standard InChI is InChI=1S/C16H20ClN3O/c1-12(8-9-13-6-4-3-5-7-13)18-15-10-14(17)19-16(20-15)11-21-2/h3-7,10,12H,8-9,11H2,1-2H3,(H,18,19,20).